The van der Waals surface area contributed by atoms with Crippen molar-refractivity contribution in [3.8, 4) is 0 Å². The second-order valence-electron chi connectivity index (χ2n) is 6.93. The molecule has 1 aromatic heterocycles. The van der Waals surface area contributed by atoms with Crippen molar-refractivity contribution >= 4 is 22.9 Å². The van der Waals surface area contributed by atoms with Crippen LogP contribution in [0.4, 0.5) is 5.69 Å². The molecular formula is C23H26N2O2S. The fourth-order valence-corrected chi connectivity index (χ4v) is 3.70. The smallest absolute Gasteiger partial charge is 0.255 e. The highest BCUT2D eigenvalue weighted by atomic mass is 32.1. The zero-order valence-electron chi connectivity index (χ0n) is 16.3. The normalized spacial score (nSPS) is 12.1. The van der Waals surface area contributed by atoms with Crippen molar-refractivity contribution in [1.29, 1.82) is 0 Å². The van der Waals surface area contributed by atoms with E-state index >= 15 is 0 Å². The Morgan fingerprint density at radius 1 is 1.07 bits per heavy atom. The maximum Gasteiger partial charge on any atom is 0.255 e. The van der Waals surface area contributed by atoms with Crippen molar-refractivity contribution in [3.63, 3.8) is 0 Å². The predicted molar refractivity (Wildman–Crippen MR) is 116 cm³/mol. The van der Waals surface area contributed by atoms with Gasteiger partial charge in [-0.15, -0.1) is 11.3 Å². The van der Waals surface area contributed by atoms with Gasteiger partial charge < -0.3 is 15.0 Å². The highest BCUT2D eigenvalue weighted by Gasteiger charge is 2.14. The van der Waals surface area contributed by atoms with E-state index in [9.17, 15) is 4.79 Å². The van der Waals surface area contributed by atoms with E-state index < -0.39 is 0 Å². The van der Waals surface area contributed by atoms with Gasteiger partial charge in [0.25, 0.3) is 5.91 Å². The topological polar surface area (TPSA) is 41.6 Å². The van der Waals surface area contributed by atoms with Crippen molar-refractivity contribution in [3.05, 3.63) is 88.1 Å². The Labute approximate surface area is 170 Å². The number of carbonyl (C=O) groups excluding carboxylic acids is 1. The summed E-state index contributed by atoms with van der Waals surface area (Å²) in [6.45, 7) is 1.47. The van der Waals surface area contributed by atoms with Crippen LogP contribution in [-0.4, -0.2) is 31.4 Å². The van der Waals surface area contributed by atoms with Crippen LogP contribution in [0.2, 0.25) is 0 Å². The number of ether oxygens (including phenoxy) is 1. The number of hydrogen-bond acceptors (Lipinski definition) is 4. The molecule has 5 heteroatoms. The van der Waals surface area contributed by atoms with Crippen LogP contribution in [0.1, 0.15) is 33.3 Å². The summed E-state index contributed by atoms with van der Waals surface area (Å²) in [7, 11) is 4.15. The van der Waals surface area contributed by atoms with Gasteiger partial charge in [-0.05, 0) is 61.8 Å². The van der Waals surface area contributed by atoms with E-state index in [0.717, 1.165) is 24.2 Å². The average Bonchev–Trinajstić information content (AvgIpc) is 3.23. The van der Waals surface area contributed by atoms with Gasteiger partial charge in [-0.25, -0.2) is 0 Å². The lowest BCUT2D eigenvalue weighted by molar-refractivity contribution is 0.0319. The zero-order valence-corrected chi connectivity index (χ0v) is 17.1. The van der Waals surface area contributed by atoms with Crippen LogP contribution < -0.4 is 5.32 Å². The number of thiophene rings is 1. The molecule has 0 radical (unpaired) electrons. The van der Waals surface area contributed by atoms with Gasteiger partial charge in [-0.2, -0.15) is 0 Å². The number of benzene rings is 2. The standard InChI is InChI=1S/C23H26N2O2S/c1-25(2)14-13-21(22-12-7-15-28-22)27-17-18-8-6-11-20(16-18)24-23(26)19-9-4-3-5-10-19/h3-12,15-16,21H,13-14,17H2,1-2H3,(H,24,26). The molecule has 1 N–H and O–H groups in total. The molecule has 28 heavy (non-hydrogen) atoms. The van der Waals surface area contributed by atoms with E-state index in [0.29, 0.717) is 12.2 Å². The lowest BCUT2D eigenvalue weighted by Crippen LogP contribution is -2.17. The van der Waals surface area contributed by atoms with Crippen molar-refractivity contribution in [1.82, 2.24) is 4.90 Å². The molecule has 0 saturated carbocycles. The number of rotatable bonds is 9. The maximum absolute atomic E-state index is 12.4. The Balaban J connectivity index is 1.62. The van der Waals surface area contributed by atoms with Crippen LogP contribution in [0.15, 0.2) is 72.1 Å². The molecule has 4 nitrogen and oxygen atoms in total. The lowest BCUT2D eigenvalue weighted by atomic mass is 10.1. The summed E-state index contributed by atoms with van der Waals surface area (Å²) in [5.41, 5.74) is 2.46. The number of amides is 1. The number of nitrogens with zero attached hydrogens (tertiary/aromatic N) is 1. The van der Waals surface area contributed by atoms with Crippen molar-refractivity contribution < 1.29 is 9.53 Å². The van der Waals surface area contributed by atoms with Crippen molar-refractivity contribution in [2.24, 2.45) is 0 Å². The van der Waals surface area contributed by atoms with Gasteiger partial charge in [-0.3, -0.25) is 4.79 Å². The lowest BCUT2D eigenvalue weighted by Gasteiger charge is -2.19. The predicted octanol–water partition coefficient (Wildman–Crippen LogP) is 5.21. The van der Waals surface area contributed by atoms with E-state index in [2.05, 4.69) is 41.8 Å². The van der Waals surface area contributed by atoms with E-state index in [4.69, 9.17) is 4.74 Å². The summed E-state index contributed by atoms with van der Waals surface area (Å²) in [6, 6.07) is 21.2. The molecular weight excluding hydrogens is 368 g/mol. The van der Waals surface area contributed by atoms with E-state index in [1.807, 2.05) is 42.5 Å². The van der Waals surface area contributed by atoms with E-state index in [1.165, 1.54) is 4.88 Å². The Morgan fingerprint density at radius 3 is 2.61 bits per heavy atom. The third-order valence-corrected chi connectivity index (χ3v) is 5.34. The molecule has 0 spiro atoms. The monoisotopic (exact) mass is 394 g/mol. The van der Waals surface area contributed by atoms with Gasteiger partial charge in [-0.1, -0.05) is 36.4 Å². The van der Waals surface area contributed by atoms with Gasteiger partial charge >= 0.3 is 0 Å². The Hall–Kier alpha value is -2.47. The van der Waals surface area contributed by atoms with Gasteiger partial charge in [0.1, 0.15) is 0 Å². The van der Waals surface area contributed by atoms with Gasteiger partial charge in [0.05, 0.1) is 12.7 Å². The molecule has 3 aromatic rings. The first-order chi connectivity index (χ1) is 13.6. The molecule has 1 heterocycles. The minimum Gasteiger partial charge on any atom is -0.368 e. The number of hydrogen-bond donors (Lipinski definition) is 1. The first-order valence-electron chi connectivity index (χ1n) is 9.37. The van der Waals surface area contributed by atoms with Gasteiger partial charge in [0.15, 0.2) is 0 Å². The van der Waals surface area contributed by atoms with Gasteiger partial charge in [0.2, 0.25) is 0 Å². The van der Waals surface area contributed by atoms with Crippen LogP contribution in [0.25, 0.3) is 0 Å². The SMILES string of the molecule is CN(C)CCC(OCc1cccc(NC(=O)c2ccccc2)c1)c1cccs1. The van der Waals surface area contributed by atoms with Crippen LogP contribution in [0.5, 0.6) is 0 Å². The first-order valence-corrected chi connectivity index (χ1v) is 10.2. The van der Waals surface area contributed by atoms with Crippen molar-refractivity contribution in [2.75, 3.05) is 26.0 Å². The number of anilines is 1. The minimum absolute atomic E-state index is 0.0740. The third kappa shape index (κ3) is 6.02. The molecule has 0 aliphatic rings. The molecule has 146 valence electrons. The second-order valence-corrected chi connectivity index (χ2v) is 7.91. The molecule has 0 saturated heterocycles. The second kappa shape index (κ2) is 10.2. The number of carbonyl (C=O) groups is 1. The Morgan fingerprint density at radius 2 is 1.89 bits per heavy atom. The molecule has 0 aliphatic heterocycles. The Bertz CT molecular complexity index is 863. The molecule has 1 atom stereocenters. The van der Waals surface area contributed by atoms with Crippen molar-refractivity contribution in [2.45, 2.75) is 19.1 Å². The van der Waals surface area contributed by atoms with Crippen LogP contribution in [0, 0.1) is 0 Å². The maximum atomic E-state index is 12.4. The fourth-order valence-electron chi connectivity index (χ4n) is 2.89. The molecule has 0 aliphatic carbocycles. The quantitative estimate of drug-likeness (QED) is 0.542. The van der Waals surface area contributed by atoms with Gasteiger partial charge in [0, 0.05) is 22.7 Å². The summed E-state index contributed by atoms with van der Waals surface area (Å²) in [5, 5.41) is 5.04. The van der Waals surface area contributed by atoms with Crippen LogP contribution in [0.3, 0.4) is 0 Å². The highest BCUT2D eigenvalue weighted by Crippen LogP contribution is 2.27. The minimum atomic E-state index is -0.110. The Kier molecular flexibility index (Phi) is 7.37. The molecule has 0 bridgehead atoms. The fraction of sp³-hybridized carbons (Fsp3) is 0.261. The first kappa shape index (κ1) is 20.3. The third-order valence-electron chi connectivity index (χ3n) is 4.37. The van der Waals surface area contributed by atoms with E-state index in [-0.39, 0.29) is 12.0 Å². The molecule has 1 amide bonds. The summed E-state index contributed by atoms with van der Waals surface area (Å²) < 4.78 is 6.24. The zero-order chi connectivity index (χ0) is 19.8. The summed E-state index contributed by atoms with van der Waals surface area (Å²) in [5.74, 6) is -0.110. The molecule has 3 rings (SSSR count). The average molecular weight is 395 g/mol. The van der Waals surface area contributed by atoms with Crippen LogP contribution in [-0.2, 0) is 11.3 Å². The summed E-state index contributed by atoms with van der Waals surface area (Å²) in [6.07, 6.45) is 1.02. The highest BCUT2D eigenvalue weighted by molar-refractivity contribution is 7.10. The summed E-state index contributed by atoms with van der Waals surface area (Å²) >= 11 is 1.73. The van der Waals surface area contributed by atoms with E-state index in [1.54, 1.807) is 23.5 Å². The summed E-state index contributed by atoms with van der Waals surface area (Å²) in [4.78, 5) is 15.8. The van der Waals surface area contributed by atoms with Crippen LogP contribution >= 0.6 is 11.3 Å². The molecule has 2 aromatic carbocycles. The molecule has 1 unspecified atom stereocenters. The molecule has 0 fully saturated rings. The largest absolute Gasteiger partial charge is 0.368 e. The number of nitrogens with one attached hydrogen (secondary N) is 1.